The van der Waals surface area contributed by atoms with Gasteiger partial charge in [-0.15, -0.1) is 0 Å². The van der Waals surface area contributed by atoms with E-state index in [4.69, 9.17) is 25.8 Å². The number of aromatic nitrogens is 1. The van der Waals surface area contributed by atoms with Crippen molar-refractivity contribution in [2.45, 2.75) is 13.8 Å². The van der Waals surface area contributed by atoms with Crippen molar-refractivity contribution in [1.82, 2.24) is 9.88 Å². The maximum Gasteiger partial charge on any atom is 0.335 e. The van der Waals surface area contributed by atoms with Crippen molar-refractivity contribution >= 4 is 41.2 Å². The number of aryl methyl sites for hydroxylation is 1. The van der Waals surface area contributed by atoms with E-state index in [0.717, 1.165) is 22.0 Å². The van der Waals surface area contributed by atoms with Crippen LogP contribution in [0.1, 0.15) is 17.0 Å². The van der Waals surface area contributed by atoms with E-state index in [1.807, 2.05) is 24.5 Å². The lowest BCUT2D eigenvalue weighted by Crippen LogP contribution is -2.54. The highest BCUT2D eigenvalue weighted by Gasteiger charge is 2.37. The number of nitrogens with one attached hydrogen (secondary N) is 1. The Labute approximate surface area is 205 Å². The Hall–Kier alpha value is -4.24. The van der Waals surface area contributed by atoms with Crippen LogP contribution in [0.5, 0.6) is 17.2 Å². The molecule has 178 valence electrons. The number of amides is 4. The zero-order chi connectivity index (χ0) is 24.9. The van der Waals surface area contributed by atoms with E-state index >= 15 is 0 Å². The predicted octanol–water partition coefficient (Wildman–Crippen LogP) is 4.15. The molecule has 3 heterocycles. The second kappa shape index (κ2) is 8.52. The molecule has 0 bridgehead atoms. The monoisotopic (exact) mass is 493 g/mol. The largest absolute Gasteiger partial charge is 0.495 e. The molecule has 4 amide bonds. The number of anilines is 1. The summed E-state index contributed by atoms with van der Waals surface area (Å²) < 4.78 is 18.0. The molecule has 1 N–H and O–H groups in total. The second-order valence-corrected chi connectivity index (χ2v) is 8.41. The maximum atomic E-state index is 13.3. The normalized spacial score (nSPS) is 16.2. The van der Waals surface area contributed by atoms with Crippen molar-refractivity contribution < 1.29 is 28.6 Å². The van der Waals surface area contributed by atoms with Crippen LogP contribution in [0, 0.1) is 13.8 Å². The summed E-state index contributed by atoms with van der Waals surface area (Å²) in [4.78, 5) is 39.5. The van der Waals surface area contributed by atoms with Gasteiger partial charge in [0.05, 0.1) is 18.5 Å². The molecular weight excluding hydrogens is 474 g/mol. The third-order valence-electron chi connectivity index (χ3n) is 5.87. The molecule has 0 spiro atoms. The number of ether oxygens (including phenoxy) is 3. The van der Waals surface area contributed by atoms with Gasteiger partial charge in [-0.3, -0.25) is 14.9 Å². The quantitative estimate of drug-likeness (QED) is 0.433. The highest BCUT2D eigenvalue weighted by molar-refractivity contribution is 6.39. The number of hydrogen-bond acceptors (Lipinski definition) is 6. The standard InChI is InChI=1S/C25H20ClN3O6/c1-13-8-15(14(2)28(13)19-10-16(26)4-6-20(19)33-3)9-18-23(30)27-25(32)29(24(18)31)17-5-7-21-22(11-17)35-12-34-21/h4-11H,12H2,1-3H3,(H,27,30,32)/b18-9-. The Morgan fingerprint density at radius 2 is 1.80 bits per heavy atom. The Morgan fingerprint density at radius 3 is 2.57 bits per heavy atom. The molecule has 2 aromatic carbocycles. The first-order chi connectivity index (χ1) is 16.8. The SMILES string of the molecule is COc1ccc(Cl)cc1-n1c(C)cc(/C=C2/C(=O)NC(=O)N(c3ccc4c(c3)OCO4)C2=O)c1C. The van der Waals surface area contributed by atoms with Gasteiger partial charge in [0.1, 0.15) is 11.3 Å². The fourth-order valence-electron chi connectivity index (χ4n) is 4.21. The van der Waals surface area contributed by atoms with Crippen LogP contribution in [-0.4, -0.2) is 36.3 Å². The summed E-state index contributed by atoms with van der Waals surface area (Å²) in [7, 11) is 1.57. The van der Waals surface area contributed by atoms with Crippen LogP contribution in [0.15, 0.2) is 48.0 Å². The molecule has 9 nitrogen and oxygen atoms in total. The maximum absolute atomic E-state index is 13.3. The van der Waals surface area contributed by atoms with Crippen LogP contribution in [0.25, 0.3) is 11.8 Å². The fourth-order valence-corrected chi connectivity index (χ4v) is 4.38. The number of nitrogens with zero attached hydrogens (tertiary/aromatic N) is 2. The van der Waals surface area contributed by atoms with E-state index in [1.54, 1.807) is 37.4 Å². The van der Waals surface area contributed by atoms with Gasteiger partial charge in [0.15, 0.2) is 11.5 Å². The number of imide groups is 2. The number of carbonyl (C=O) groups is 3. The molecule has 1 fully saturated rings. The van der Waals surface area contributed by atoms with E-state index in [0.29, 0.717) is 27.8 Å². The molecule has 5 rings (SSSR count). The fraction of sp³-hybridized carbons (Fsp3) is 0.160. The number of barbiturate groups is 1. The smallest absolute Gasteiger partial charge is 0.335 e. The first-order valence-corrected chi connectivity index (χ1v) is 11.0. The lowest BCUT2D eigenvalue weighted by Gasteiger charge is -2.26. The first-order valence-electron chi connectivity index (χ1n) is 10.6. The zero-order valence-electron chi connectivity index (χ0n) is 19.0. The third kappa shape index (κ3) is 3.79. The molecular formula is C25H20ClN3O6. The average molecular weight is 494 g/mol. The van der Waals surface area contributed by atoms with Crippen molar-refractivity contribution in [3.8, 4) is 22.9 Å². The Balaban J connectivity index is 1.56. The van der Waals surface area contributed by atoms with Crippen LogP contribution < -0.4 is 24.4 Å². The Kier molecular flexibility index (Phi) is 5.49. The molecule has 35 heavy (non-hydrogen) atoms. The minimum Gasteiger partial charge on any atom is -0.495 e. The lowest BCUT2D eigenvalue weighted by atomic mass is 10.1. The summed E-state index contributed by atoms with van der Waals surface area (Å²) >= 11 is 6.22. The van der Waals surface area contributed by atoms with Gasteiger partial charge >= 0.3 is 6.03 Å². The van der Waals surface area contributed by atoms with Crippen LogP contribution >= 0.6 is 11.6 Å². The summed E-state index contributed by atoms with van der Waals surface area (Å²) in [5.41, 5.74) is 3.01. The van der Waals surface area contributed by atoms with Gasteiger partial charge in [-0.05, 0) is 61.9 Å². The molecule has 3 aromatic rings. The molecule has 0 atom stereocenters. The van der Waals surface area contributed by atoms with Crippen LogP contribution in [0.2, 0.25) is 5.02 Å². The number of halogens is 1. The highest BCUT2D eigenvalue weighted by Crippen LogP contribution is 2.37. The number of carbonyl (C=O) groups excluding carboxylic acids is 3. The summed E-state index contributed by atoms with van der Waals surface area (Å²) in [6, 6.07) is 10.9. The van der Waals surface area contributed by atoms with E-state index in [1.165, 1.54) is 12.1 Å². The molecule has 10 heteroatoms. The molecule has 2 aliphatic rings. The van der Waals surface area contributed by atoms with Gasteiger partial charge in [-0.2, -0.15) is 0 Å². The molecule has 0 saturated carbocycles. The van der Waals surface area contributed by atoms with Crippen molar-refractivity contribution in [3.05, 3.63) is 70.0 Å². The number of benzene rings is 2. The van der Waals surface area contributed by atoms with Crippen molar-refractivity contribution in [2.75, 3.05) is 18.8 Å². The van der Waals surface area contributed by atoms with Crippen molar-refractivity contribution in [3.63, 3.8) is 0 Å². The van der Waals surface area contributed by atoms with E-state index in [2.05, 4.69) is 5.32 Å². The molecule has 1 saturated heterocycles. The summed E-state index contributed by atoms with van der Waals surface area (Å²) in [6.07, 6.45) is 1.47. The first kappa shape index (κ1) is 22.5. The van der Waals surface area contributed by atoms with E-state index in [-0.39, 0.29) is 18.1 Å². The average Bonchev–Trinajstić information content (AvgIpc) is 3.39. The minimum atomic E-state index is -0.842. The number of fused-ring (bicyclic) bond motifs is 1. The number of rotatable bonds is 4. The summed E-state index contributed by atoms with van der Waals surface area (Å²) in [6.45, 7) is 3.79. The zero-order valence-corrected chi connectivity index (χ0v) is 19.8. The predicted molar refractivity (Wildman–Crippen MR) is 128 cm³/mol. The van der Waals surface area contributed by atoms with Gasteiger partial charge in [0.25, 0.3) is 11.8 Å². The van der Waals surface area contributed by atoms with Gasteiger partial charge in [0, 0.05) is 22.5 Å². The molecule has 1 aromatic heterocycles. The third-order valence-corrected chi connectivity index (χ3v) is 6.10. The number of hydrogen-bond donors (Lipinski definition) is 1. The number of urea groups is 1. The Bertz CT molecular complexity index is 1440. The van der Waals surface area contributed by atoms with Crippen LogP contribution in [0.3, 0.4) is 0 Å². The van der Waals surface area contributed by atoms with Crippen molar-refractivity contribution in [2.24, 2.45) is 0 Å². The summed E-state index contributed by atoms with van der Waals surface area (Å²) in [5, 5.41) is 2.77. The second-order valence-electron chi connectivity index (χ2n) is 7.97. The molecule has 2 aliphatic heterocycles. The Morgan fingerprint density at radius 1 is 1.03 bits per heavy atom. The van der Waals surface area contributed by atoms with E-state index in [9.17, 15) is 14.4 Å². The molecule has 0 aliphatic carbocycles. The van der Waals surface area contributed by atoms with Gasteiger partial charge < -0.3 is 18.8 Å². The van der Waals surface area contributed by atoms with Crippen LogP contribution in [-0.2, 0) is 9.59 Å². The van der Waals surface area contributed by atoms with Gasteiger partial charge in [-0.1, -0.05) is 11.6 Å². The minimum absolute atomic E-state index is 0.0512. The van der Waals surface area contributed by atoms with Crippen LogP contribution in [0.4, 0.5) is 10.5 Å². The molecule has 0 radical (unpaired) electrons. The van der Waals surface area contributed by atoms with E-state index < -0.39 is 17.8 Å². The number of methoxy groups -OCH3 is 1. The summed E-state index contributed by atoms with van der Waals surface area (Å²) in [5.74, 6) is 0.00485. The van der Waals surface area contributed by atoms with Gasteiger partial charge in [0.2, 0.25) is 6.79 Å². The van der Waals surface area contributed by atoms with Gasteiger partial charge in [-0.25, -0.2) is 9.69 Å². The topological polar surface area (TPSA) is 99.1 Å². The highest BCUT2D eigenvalue weighted by atomic mass is 35.5. The molecule has 0 unspecified atom stereocenters. The lowest BCUT2D eigenvalue weighted by molar-refractivity contribution is -0.122. The van der Waals surface area contributed by atoms with Crippen molar-refractivity contribution in [1.29, 1.82) is 0 Å².